The summed E-state index contributed by atoms with van der Waals surface area (Å²) in [4.78, 5) is 0. The van der Waals surface area contributed by atoms with E-state index in [1.807, 2.05) is 6.08 Å². The standard InChI is InChI=1S/C5H6F3/c1-2-3-4-5(6,7)8/h4H,2H2,1H3. The molecule has 0 fully saturated rings. The minimum absolute atomic E-state index is 0.118. The van der Waals surface area contributed by atoms with Crippen LogP contribution in [0.15, 0.2) is 6.08 Å². The summed E-state index contributed by atoms with van der Waals surface area (Å²) in [6.07, 6.45) is -1.72. The van der Waals surface area contributed by atoms with Gasteiger partial charge in [-0.3, -0.25) is 0 Å². The molecule has 0 rings (SSSR count). The number of alkyl halides is 3. The van der Waals surface area contributed by atoms with Gasteiger partial charge in [-0.25, -0.2) is 0 Å². The molecule has 0 aliphatic heterocycles. The quantitative estimate of drug-likeness (QED) is 0.502. The second-order valence-corrected chi connectivity index (χ2v) is 1.24. The lowest BCUT2D eigenvalue weighted by Crippen LogP contribution is -2.00. The van der Waals surface area contributed by atoms with E-state index in [0.717, 1.165) is 0 Å². The summed E-state index contributed by atoms with van der Waals surface area (Å²) in [5.74, 6) is 0. The minimum atomic E-state index is -4.18. The number of rotatable bonds is 1. The monoisotopic (exact) mass is 123 g/mol. The number of hydrogen-bond donors (Lipinski definition) is 0. The van der Waals surface area contributed by atoms with Gasteiger partial charge in [-0.15, -0.1) is 0 Å². The summed E-state index contributed by atoms with van der Waals surface area (Å²) < 4.78 is 33.4. The number of allylic oxidation sites excluding steroid dienone is 2. The fourth-order valence-corrected chi connectivity index (χ4v) is 0.218. The molecule has 47 valence electrons. The topological polar surface area (TPSA) is 0 Å². The Morgan fingerprint density at radius 1 is 1.50 bits per heavy atom. The molecule has 0 aliphatic rings. The van der Waals surface area contributed by atoms with E-state index in [-0.39, 0.29) is 6.08 Å². The summed E-state index contributed by atoms with van der Waals surface area (Å²) in [7, 11) is 0. The van der Waals surface area contributed by atoms with Crippen LogP contribution < -0.4 is 0 Å². The SMILES string of the molecule is CC/[C]=C/C(F)(F)F. The Morgan fingerprint density at radius 3 is 2.12 bits per heavy atom. The Kier molecular flexibility index (Phi) is 2.58. The van der Waals surface area contributed by atoms with E-state index in [9.17, 15) is 13.2 Å². The molecule has 0 aromatic carbocycles. The normalized spacial score (nSPS) is 13.0. The van der Waals surface area contributed by atoms with Crippen molar-refractivity contribution in [2.75, 3.05) is 0 Å². The molecule has 0 amide bonds. The maximum Gasteiger partial charge on any atom is 0.410 e. The zero-order valence-corrected chi connectivity index (χ0v) is 4.42. The van der Waals surface area contributed by atoms with Gasteiger partial charge in [0.2, 0.25) is 0 Å². The molecule has 0 atom stereocenters. The highest BCUT2D eigenvalue weighted by molar-refractivity contribution is 4.80. The van der Waals surface area contributed by atoms with Crippen molar-refractivity contribution in [1.29, 1.82) is 0 Å². The zero-order chi connectivity index (χ0) is 6.62. The van der Waals surface area contributed by atoms with E-state index in [4.69, 9.17) is 0 Å². The fraction of sp³-hybridized carbons (Fsp3) is 0.600. The fourth-order valence-electron chi connectivity index (χ4n) is 0.218. The Morgan fingerprint density at radius 2 is 2.00 bits per heavy atom. The van der Waals surface area contributed by atoms with Crippen LogP contribution in [0.2, 0.25) is 0 Å². The zero-order valence-electron chi connectivity index (χ0n) is 4.42. The van der Waals surface area contributed by atoms with Crippen molar-refractivity contribution in [3.05, 3.63) is 12.2 Å². The Labute approximate surface area is 46.0 Å². The summed E-state index contributed by atoms with van der Waals surface area (Å²) in [6.45, 7) is 1.60. The maximum atomic E-state index is 11.1. The molecule has 0 bridgehead atoms. The molecule has 0 nitrogen and oxygen atoms in total. The van der Waals surface area contributed by atoms with Crippen LogP contribution in [0.25, 0.3) is 0 Å². The molecule has 3 heteroatoms. The van der Waals surface area contributed by atoms with E-state index >= 15 is 0 Å². The lowest BCUT2D eigenvalue weighted by molar-refractivity contribution is -0.0804. The maximum absolute atomic E-state index is 11.1. The lowest BCUT2D eigenvalue weighted by atomic mass is 10.4. The first kappa shape index (κ1) is 7.53. The third-order valence-corrected chi connectivity index (χ3v) is 0.470. The van der Waals surface area contributed by atoms with Gasteiger partial charge in [-0.2, -0.15) is 13.2 Å². The van der Waals surface area contributed by atoms with Crippen LogP contribution in [0.4, 0.5) is 13.2 Å². The van der Waals surface area contributed by atoms with Crippen LogP contribution in [-0.2, 0) is 0 Å². The second-order valence-electron chi connectivity index (χ2n) is 1.24. The Balaban J connectivity index is 3.52. The predicted molar refractivity (Wildman–Crippen MR) is 24.2 cm³/mol. The molecule has 0 heterocycles. The molecule has 8 heavy (non-hydrogen) atoms. The Bertz CT molecular complexity index is 80.2. The molecule has 0 spiro atoms. The van der Waals surface area contributed by atoms with E-state index in [2.05, 4.69) is 0 Å². The summed E-state index contributed by atoms with van der Waals surface area (Å²) in [5.41, 5.74) is 0. The number of hydrogen-bond acceptors (Lipinski definition) is 0. The van der Waals surface area contributed by atoms with E-state index < -0.39 is 6.18 Å². The van der Waals surface area contributed by atoms with Gasteiger partial charge in [0.05, 0.1) is 0 Å². The number of halogens is 3. The van der Waals surface area contributed by atoms with Crippen LogP contribution in [0, 0.1) is 6.08 Å². The molecule has 0 saturated heterocycles. The highest BCUT2D eigenvalue weighted by atomic mass is 19.4. The average Bonchev–Trinajstić information content (AvgIpc) is 1.59. The predicted octanol–water partition coefficient (Wildman–Crippen LogP) is 2.32. The average molecular weight is 123 g/mol. The van der Waals surface area contributed by atoms with Crippen LogP contribution in [0.3, 0.4) is 0 Å². The van der Waals surface area contributed by atoms with Crippen molar-refractivity contribution >= 4 is 0 Å². The highest BCUT2D eigenvalue weighted by Crippen LogP contribution is 2.15. The minimum Gasteiger partial charge on any atom is -0.167 e. The molecule has 0 aromatic heterocycles. The molecule has 0 aromatic rings. The van der Waals surface area contributed by atoms with Crippen molar-refractivity contribution in [3.8, 4) is 0 Å². The molecule has 0 N–H and O–H groups in total. The molecular formula is C5H6F3. The van der Waals surface area contributed by atoms with Crippen LogP contribution in [0.1, 0.15) is 13.3 Å². The summed E-state index contributed by atoms with van der Waals surface area (Å²) >= 11 is 0. The first-order chi connectivity index (χ1) is 3.56. The van der Waals surface area contributed by atoms with Gasteiger partial charge in [-0.1, -0.05) is 6.92 Å². The van der Waals surface area contributed by atoms with Gasteiger partial charge in [0.1, 0.15) is 0 Å². The third-order valence-electron chi connectivity index (χ3n) is 0.470. The van der Waals surface area contributed by atoms with Crippen molar-refractivity contribution in [2.24, 2.45) is 0 Å². The largest absolute Gasteiger partial charge is 0.410 e. The van der Waals surface area contributed by atoms with Gasteiger partial charge in [0, 0.05) is 6.08 Å². The van der Waals surface area contributed by atoms with E-state index in [1.165, 1.54) is 0 Å². The van der Waals surface area contributed by atoms with Gasteiger partial charge in [0.15, 0.2) is 0 Å². The summed E-state index contributed by atoms with van der Waals surface area (Å²) in [6, 6.07) is 0. The van der Waals surface area contributed by atoms with E-state index in [0.29, 0.717) is 6.42 Å². The molecule has 0 aliphatic carbocycles. The van der Waals surface area contributed by atoms with Gasteiger partial charge in [0.25, 0.3) is 0 Å². The molecular weight excluding hydrogens is 117 g/mol. The lowest BCUT2D eigenvalue weighted by Gasteiger charge is -1.94. The Hall–Kier alpha value is -0.470. The van der Waals surface area contributed by atoms with Crippen molar-refractivity contribution in [2.45, 2.75) is 19.5 Å². The van der Waals surface area contributed by atoms with Crippen molar-refractivity contribution < 1.29 is 13.2 Å². The van der Waals surface area contributed by atoms with Crippen LogP contribution in [0.5, 0.6) is 0 Å². The second kappa shape index (κ2) is 2.74. The van der Waals surface area contributed by atoms with Gasteiger partial charge < -0.3 is 0 Å². The molecule has 0 unspecified atom stereocenters. The van der Waals surface area contributed by atoms with Gasteiger partial charge in [-0.05, 0) is 12.5 Å². The first-order valence-electron chi connectivity index (χ1n) is 2.20. The van der Waals surface area contributed by atoms with Crippen molar-refractivity contribution in [3.63, 3.8) is 0 Å². The first-order valence-corrected chi connectivity index (χ1v) is 2.20. The van der Waals surface area contributed by atoms with E-state index in [1.54, 1.807) is 6.92 Å². The van der Waals surface area contributed by atoms with Gasteiger partial charge >= 0.3 is 6.18 Å². The smallest absolute Gasteiger partial charge is 0.167 e. The molecule has 0 saturated carbocycles. The van der Waals surface area contributed by atoms with Crippen LogP contribution >= 0.6 is 0 Å². The third kappa shape index (κ3) is 5.53. The van der Waals surface area contributed by atoms with Crippen LogP contribution in [-0.4, -0.2) is 6.18 Å². The van der Waals surface area contributed by atoms with Crippen molar-refractivity contribution in [1.82, 2.24) is 0 Å². The highest BCUT2D eigenvalue weighted by Gasteiger charge is 2.21. The molecule has 1 radical (unpaired) electrons. The summed E-state index contributed by atoms with van der Waals surface area (Å²) in [5, 5.41) is 0.